The molecule has 15 heavy (non-hydrogen) atoms. The Morgan fingerprint density at radius 3 is 3.20 bits per heavy atom. The van der Waals surface area contributed by atoms with Crippen LogP contribution in [0.3, 0.4) is 0 Å². The number of rotatable bonds is 3. The molecule has 0 aromatic carbocycles. The van der Waals surface area contributed by atoms with E-state index in [9.17, 15) is 0 Å². The van der Waals surface area contributed by atoms with E-state index in [4.69, 9.17) is 0 Å². The van der Waals surface area contributed by atoms with Gasteiger partial charge in [0.25, 0.3) is 0 Å². The minimum atomic E-state index is 0.553. The summed E-state index contributed by atoms with van der Waals surface area (Å²) in [6, 6.07) is 0.553. The van der Waals surface area contributed by atoms with Gasteiger partial charge in [0.05, 0.1) is 0 Å². The summed E-state index contributed by atoms with van der Waals surface area (Å²) in [6.07, 6.45) is 2.12. The summed E-state index contributed by atoms with van der Waals surface area (Å²) in [4.78, 5) is 6.90. The Kier molecular flexibility index (Phi) is 3.53. The van der Waals surface area contributed by atoms with Crippen molar-refractivity contribution in [2.24, 2.45) is 0 Å². The standard InChI is InChI=1S/C10H18N4S/c1-3-4-9-12-10(15-13-9)14-6-5-11-8(2)7-14/h8,11H,3-7H2,1-2H3/t8-/m0/s1. The number of aromatic nitrogens is 2. The predicted octanol–water partition coefficient (Wildman–Crippen LogP) is 1.29. The van der Waals surface area contributed by atoms with Gasteiger partial charge in [-0.2, -0.15) is 4.37 Å². The van der Waals surface area contributed by atoms with E-state index in [0.29, 0.717) is 6.04 Å². The summed E-state index contributed by atoms with van der Waals surface area (Å²) in [5, 5.41) is 4.52. The lowest BCUT2D eigenvalue weighted by molar-refractivity contribution is 0.484. The van der Waals surface area contributed by atoms with Crippen molar-refractivity contribution in [2.45, 2.75) is 32.7 Å². The quantitative estimate of drug-likeness (QED) is 0.843. The molecule has 1 aromatic rings. The van der Waals surface area contributed by atoms with Crippen molar-refractivity contribution in [1.82, 2.24) is 14.7 Å². The smallest absolute Gasteiger partial charge is 0.205 e. The highest BCUT2D eigenvalue weighted by Gasteiger charge is 2.18. The number of nitrogens with one attached hydrogen (secondary N) is 1. The first-order chi connectivity index (χ1) is 7.29. The molecule has 0 unspecified atom stereocenters. The Morgan fingerprint density at radius 2 is 2.47 bits per heavy atom. The fourth-order valence-electron chi connectivity index (χ4n) is 1.80. The number of piperazine rings is 1. The van der Waals surface area contributed by atoms with Crippen molar-refractivity contribution in [3.8, 4) is 0 Å². The van der Waals surface area contributed by atoms with Crippen LogP contribution in [-0.2, 0) is 6.42 Å². The molecule has 5 heteroatoms. The van der Waals surface area contributed by atoms with E-state index >= 15 is 0 Å². The highest BCUT2D eigenvalue weighted by molar-refractivity contribution is 7.09. The lowest BCUT2D eigenvalue weighted by Gasteiger charge is -2.31. The Balaban J connectivity index is 2.01. The van der Waals surface area contributed by atoms with Crippen molar-refractivity contribution in [2.75, 3.05) is 24.5 Å². The van der Waals surface area contributed by atoms with E-state index in [1.807, 2.05) is 0 Å². The maximum absolute atomic E-state index is 4.56. The average molecular weight is 226 g/mol. The Labute approximate surface area is 94.9 Å². The van der Waals surface area contributed by atoms with Crippen molar-refractivity contribution < 1.29 is 0 Å². The molecule has 1 aromatic heterocycles. The lowest BCUT2D eigenvalue weighted by atomic mass is 10.2. The summed E-state index contributed by atoms with van der Waals surface area (Å²) in [5.74, 6) is 1.00. The van der Waals surface area contributed by atoms with Crippen LogP contribution in [0.4, 0.5) is 5.13 Å². The molecular formula is C10H18N4S. The first-order valence-electron chi connectivity index (χ1n) is 5.60. The van der Waals surface area contributed by atoms with Gasteiger partial charge in [0, 0.05) is 43.6 Å². The summed E-state index contributed by atoms with van der Waals surface area (Å²) >= 11 is 1.54. The molecule has 1 atom stereocenters. The van der Waals surface area contributed by atoms with Crippen LogP contribution >= 0.6 is 11.5 Å². The molecule has 1 aliphatic heterocycles. The summed E-state index contributed by atoms with van der Waals surface area (Å²) in [7, 11) is 0. The van der Waals surface area contributed by atoms with E-state index in [0.717, 1.165) is 43.4 Å². The van der Waals surface area contributed by atoms with Gasteiger partial charge in [-0.3, -0.25) is 0 Å². The van der Waals surface area contributed by atoms with Crippen molar-refractivity contribution >= 4 is 16.7 Å². The van der Waals surface area contributed by atoms with Gasteiger partial charge < -0.3 is 10.2 Å². The summed E-state index contributed by atoms with van der Waals surface area (Å²) in [6.45, 7) is 7.50. The van der Waals surface area contributed by atoms with Crippen LogP contribution in [0.5, 0.6) is 0 Å². The van der Waals surface area contributed by atoms with Gasteiger partial charge in [-0.15, -0.1) is 0 Å². The molecule has 2 heterocycles. The van der Waals surface area contributed by atoms with Gasteiger partial charge in [-0.25, -0.2) is 4.98 Å². The van der Waals surface area contributed by atoms with Gasteiger partial charge in [-0.1, -0.05) is 6.92 Å². The van der Waals surface area contributed by atoms with Crippen molar-refractivity contribution in [3.05, 3.63) is 5.82 Å². The molecule has 2 rings (SSSR count). The van der Waals surface area contributed by atoms with Crippen molar-refractivity contribution in [1.29, 1.82) is 0 Å². The van der Waals surface area contributed by atoms with Gasteiger partial charge in [0.15, 0.2) is 0 Å². The lowest BCUT2D eigenvalue weighted by Crippen LogP contribution is -2.49. The van der Waals surface area contributed by atoms with Gasteiger partial charge >= 0.3 is 0 Å². The topological polar surface area (TPSA) is 41.1 Å². The number of aryl methyl sites for hydroxylation is 1. The summed E-state index contributed by atoms with van der Waals surface area (Å²) in [5.41, 5.74) is 0. The molecular weight excluding hydrogens is 208 g/mol. The molecule has 0 aliphatic carbocycles. The zero-order valence-corrected chi connectivity index (χ0v) is 10.2. The van der Waals surface area contributed by atoms with Crippen LogP contribution in [0.1, 0.15) is 26.1 Å². The third-order valence-electron chi connectivity index (χ3n) is 2.57. The van der Waals surface area contributed by atoms with Gasteiger partial charge in [0.1, 0.15) is 5.82 Å². The fraction of sp³-hybridized carbons (Fsp3) is 0.800. The normalized spacial score (nSPS) is 22.0. The monoisotopic (exact) mass is 226 g/mol. The molecule has 0 bridgehead atoms. The molecule has 0 spiro atoms. The zero-order valence-electron chi connectivity index (χ0n) is 9.36. The number of hydrogen-bond acceptors (Lipinski definition) is 5. The number of nitrogens with zero attached hydrogens (tertiary/aromatic N) is 3. The maximum Gasteiger partial charge on any atom is 0.205 e. The highest BCUT2D eigenvalue weighted by atomic mass is 32.1. The van der Waals surface area contributed by atoms with Crippen LogP contribution in [0.15, 0.2) is 0 Å². The van der Waals surface area contributed by atoms with Crippen molar-refractivity contribution in [3.63, 3.8) is 0 Å². The van der Waals surface area contributed by atoms with E-state index in [2.05, 4.69) is 33.4 Å². The van der Waals surface area contributed by atoms with Crippen LogP contribution in [0.25, 0.3) is 0 Å². The van der Waals surface area contributed by atoms with Gasteiger partial charge in [0.2, 0.25) is 5.13 Å². The molecule has 0 amide bonds. The molecule has 84 valence electrons. The second-order valence-electron chi connectivity index (χ2n) is 4.04. The second kappa shape index (κ2) is 4.90. The molecule has 4 nitrogen and oxygen atoms in total. The van der Waals surface area contributed by atoms with Gasteiger partial charge in [-0.05, 0) is 13.3 Å². The third kappa shape index (κ3) is 2.66. The Bertz CT molecular complexity index is 312. The Hall–Kier alpha value is -0.680. The Morgan fingerprint density at radius 1 is 1.60 bits per heavy atom. The molecule has 1 N–H and O–H groups in total. The molecule has 1 saturated heterocycles. The van der Waals surface area contributed by atoms with E-state index in [-0.39, 0.29) is 0 Å². The molecule has 0 radical (unpaired) electrons. The molecule has 0 saturated carbocycles. The second-order valence-corrected chi connectivity index (χ2v) is 4.77. The summed E-state index contributed by atoms with van der Waals surface area (Å²) < 4.78 is 4.37. The third-order valence-corrected chi connectivity index (χ3v) is 3.39. The van der Waals surface area contributed by atoms with Crippen LogP contribution in [-0.4, -0.2) is 35.0 Å². The minimum Gasteiger partial charge on any atom is -0.344 e. The maximum atomic E-state index is 4.56. The van der Waals surface area contributed by atoms with E-state index in [1.54, 1.807) is 0 Å². The minimum absolute atomic E-state index is 0.553. The molecule has 1 aliphatic rings. The zero-order chi connectivity index (χ0) is 10.7. The predicted molar refractivity (Wildman–Crippen MR) is 63.6 cm³/mol. The fourth-order valence-corrected chi connectivity index (χ4v) is 2.55. The molecule has 1 fully saturated rings. The van der Waals surface area contributed by atoms with E-state index in [1.165, 1.54) is 11.5 Å². The van der Waals surface area contributed by atoms with Crippen LogP contribution < -0.4 is 10.2 Å². The van der Waals surface area contributed by atoms with Crippen LogP contribution in [0.2, 0.25) is 0 Å². The van der Waals surface area contributed by atoms with Crippen LogP contribution in [0, 0.1) is 0 Å². The van der Waals surface area contributed by atoms with E-state index < -0.39 is 0 Å². The SMILES string of the molecule is CCCc1nsc(N2CCN[C@@H](C)C2)n1. The average Bonchev–Trinajstić information content (AvgIpc) is 2.67. The first-order valence-corrected chi connectivity index (χ1v) is 6.38. The first kappa shape index (κ1) is 10.8. The largest absolute Gasteiger partial charge is 0.344 e. The number of anilines is 1. The number of hydrogen-bond donors (Lipinski definition) is 1. The highest BCUT2D eigenvalue weighted by Crippen LogP contribution is 2.19.